The Labute approximate surface area is 105 Å². The first-order valence-electron chi connectivity index (χ1n) is 5.49. The predicted octanol–water partition coefficient (Wildman–Crippen LogP) is 2.54. The highest BCUT2D eigenvalue weighted by Gasteiger charge is 2.02. The Balaban J connectivity index is 2.06. The lowest BCUT2D eigenvalue weighted by atomic mass is 10.3. The van der Waals surface area contributed by atoms with Crippen molar-refractivity contribution in [3.63, 3.8) is 0 Å². The fourth-order valence-corrected chi connectivity index (χ4v) is 2.31. The topological polar surface area (TPSA) is 51.8 Å². The highest BCUT2D eigenvalue weighted by Crippen LogP contribution is 2.20. The lowest BCUT2D eigenvalue weighted by molar-refractivity contribution is 0.900. The number of nitrogens with zero attached hydrogens (tertiary/aromatic N) is 2. The summed E-state index contributed by atoms with van der Waals surface area (Å²) in [5.41, 5.74) is 7.48. The van der Waals surface area contributed by atoms with Crippen LogP contribution >= 0.6 is 11.8 Å². The third kappa shape index (κ3) is 3.54. The van der Waals surface area contributed by atoms with Crippen LogP contribution in [0.15, 0.2) is 41.3 Å². The SMILES string of the molecule is Cc1cc(CN)nc(CSc2ccccc2)n1. The summed E-state index contributed by atoms with van der Waals surface area (Å²) in [7, 11) is 0. The number of hydrogen-bond acceptors (Lipinski definition) is 4. The second kappa shape index (κ2) is 5.80. The average molecular weight is 245 g/mol. The average Bonchev–Trinajstić information content (AvgIpc) is 2.37. The molecule has 0 saturated heterocycles. The van der Waals surface area contributed by atoms with Gasteiger partial charge in [-0.2, -0.15) is 0 Å². The second-order valence-corrected chi connectivity index (χ2v) is 4.77. The molecule has 1 aromatic carbocycles. The molecule has 1 aromatic heterocycles. The summed E-state index contributed by atoms with van der Waals surface area (Å²) >= 11 is 1.74. The van der Waals surface area contributed by atoms with Crippen LogP contribution in [0.2, 0.25) is 0 Å². The van der Waals surface area contributed by atoms with Gasteiger partial charge in [0.25, 0.3) is 0 Å². The van der Waals surface area contributed by atoms with E-state index >= 15 is 0 Å². The van der Waals surface area contributed by atoms with Gasteiger partial charge in [-0.05, 0) is 25.1 Å². The molecule has 0 amide bonds. The molecule has 0 aliphatic heterocycles. The fourth-order valence-electron chi connectivity index (χ4n) is 1.53. The Morgan fingerprint density at radius 1 is 1.18 bits per heavy atom. The van der Waals surface area contributed by atoms with Crippen LogP contribution in [0.4, 0.5) is 0 Å². The normalized spacial score (nSPS) is 10.5. The number of thioether (sulfide) groups is 1. The zero-order valence-electron chi connectivity index (χ0n) is 9.76. The smallest absolute Gasteiger partial charge is 0.139 e. The molecule has 0 fully saturated rings. The van der Waals surface area contributed by atoms with Crippen LogP contribution in [0.5, 0.6) is 0 Å². The van der Waals surface area contributed by atoms with Crippen LogP contribution in [0.3, 0.4) is 0 Å². The molecule has 0 radical (unpaired) electrons. The zero-order valence-corrected chi connectivity index (χ0v) is 10.6. The van der Waals surface area contributed by atoms with Gasteiger partial charge in [-0.25, -0.2) is 9.97 Å². The molecule has 0 bridgehead atoms. The molecule has 1 heterocycles. The van der Waals surface area contributed by atoms with Crippen molar-refractivity contribution in [1.29, 1.82) is 0 Å². The van der Waals surface area contributed by atoms with Crippen molar-refractivity contribution in [3.8, 4) is 0 Å². The lowest BCUT2D eigenvalue weighted by Gasteiger charge is -2.04. The number of hydrogen-bond donors (Lipinski definition) is 1. The quantitative estimate of drug-likeness (QED) is 0.841. The van der Waals surface area contributed by atoms with Crippen molar-refractivity contribution in [2.75, 3.05) is 0 Å². The molecule has 88 valence electrons. The maximum atomic E-state index is 5.60. The van der Waals surface area contributed by atoms with E-state index in [4.69, 9.17) is 5.73 Å². The molecule has 0 atom stereocenters. The Morgan fingerprint density at radius 3 is 2.65 bits per heavy atom. The van der Waals surface area contributed by atoms with Crippen molar-refractivity contribution in [1.82, 2.24) is 9.97 Å². The first-order chi connectivity index (χ1) is 8.28. The summed E-state index contributed by atoms with van der Waals surface area (Å²) in [6, 6.07) is 12.2. The van der Waals surface area contributed by atoms with Gasteiger partial charge in [0.15, 0.2) is 0 Å². The predicted molar refractivity (Wildman–Crippen MR) is 70.7 cm³/mol. The zero-order chi connectivity index (χ0) is 12.1. The largest absolute Gasteiger partial charge is 0.325 e. The molecule has 0 aliphatic rings. The highest BCUT2D eigenvalue weighted by atomic mass is 32.2. The van der Waals surface area contributed by atoms with Gasteiger partial charge < -0.3 is 5.73 Å². The molecule has 17 heavy (non-hydrogen) atoms. The second-order valence-electron chi connectivity index (χ2n) is 3.72. The van der Waals surface area contributed by atoms with Crippen molar-refractivity contribution in [2.24, 2.45) is 5.73 Å². The maximum Gasteiger partial charge on any atom is 0.139 e. The van der Waals surface area contributed by atoms with Gasteiger partial charge in [0, 0.05) is 17.1 Å². The summed E-state index contributed by atoms with van der Waals surface area (Å²) in [5.74, 6) is 1.62. The maximum absolute atomic E-state index is 5.60. The van der Waals surface area contributed by atoms with Crippen LogP contribution in [0.25, 0.3) is 0 Å². The van der Waals surface area contributed by atoms with E-state index in [0.717, 1.165) is 23.0 Å². The van der Waals surface area contributed by atoms with E-state index in [1.165, 1.54) is 4.90 Å². The first-order valence-corrected chi connectivity index (χ1v) is 6.48. The molecular weight excluding hydrogens is 230 g/mol. The van der Waals surface area contributed by atoms with Crippen molar-refractivity contribution in [2.45, 2.75) is 24.1 Å². The Bertz CT molecular complexity index is 485. The Hall–Kier alpha value is -1.39. The minimum atomic E-state index is 0.465. The summed E-state index contributed by atoms with van der Waals surface area (Å²) in [5, 5.41) is 0. The molecule has 2 aromatic rings. The van der Waals surface area contributed by atoms with Crippen LogP contribution in [0, 0.1) is 6.92 Å². The molecular formula is C13H15N3S. The van der Waals surface area contributed by atoms with Crippen LogP contribution < -0.4 is 5.73 Å². The Morgan fingerprint density at radius 2 is 1.94 bits per heavy atom. The first kappa shape index (κ1) is 12.1. The van der Waals surface area contributed by atoms with Crippen LogP contribution in [-0.4, -0.2) is 9.97 Å². The van der Waals surface area contributed by atoms with Crippen LogP contribution in [0.1, 0.15) is 17.2 Å². The van der Waals surface area contributed by atoms with E-state index < -0.39 is 0 Å². The molecule has 2 rings (SSSR count). The standard InChI is InChI=1S/C13H15N3S/c1-10-7-11(8-14)16-13(15-10)9-17-12-5-3-2-4-6-12/h2-7H,8-9,14H2,1H3. The monoisotopic (exact) mass is 245 g/mol. The highest BCUT2D eigenvalue weighted by molar-refractivity contribution is 7.98. The molecule has 3 nitrogen and oxygen atoms in total. The van der Waals surface area contributed by atoms with E-state index in [0.29, 0.717) is 6.54 Å². The number of benzene rings is 1. The fraction of sp³-hybridized carbons (Fsp3) is 0.231. The Kier molecular flexibility index (Phi) is 4.12. The minimum absolute atomic E-state index is 0.465. The molecule has 2 N–H and O–H groups in total. The minimum Gasteiger partial charge on any atom is -0.325 e. The number of nitrogens with two attached hydrogens (primary N) is 1. The van der Waals surface area contributed by atoms with Gasteiger partial charge in [0.2, 0.25) is 0 Å². The van der Waals surface area contributed by atoms with E-state index in [9.17, 15) is 0 Å². The molecule has 0 saturated carbocycles. The third-order valence-electron chi connectivity index (χ3n) is 2.27. The number of rotatable bonds is 4. The van der Waals surface area contributed by atoms with E-state index in [1.54, 1.807) is 11.8 Å². The van der Waals surface area contributed by atoms with Gasteiger partial charge >= 0.3 is 0 Å². The van der Waals surface area contributed by atoms with E-state index in [2.05, 4.69) is 22.1 Å². The van der Waals surface area contributed by atoms with E-state index in [-0.39, 0.29) is 0 Å². The third-order valence-corrected chi connectivity index (χ3v) is 3.28. The molecule has 0 spiro atoms. The summed E-state index contributed by atoms with van der Waals surface area (Å²) < 4.78 is 0. The van der Waals surface area contributed by atoms with Gasteiger partial charge in [0.05, 0.1) is 11.4 Å². The molecule has 0 unspecified atom stereocenters. The van der Waals surface area contributed by atoms with Crippen molar-refractivity contribution < 1.29 is 0 Å². The van der Waals surface area contributed by atoms with Gasteiger partial charge in [-0.3, -0.25) is 0 Å². The van der Waals surface area contributed by atoms with E-state index in [1.807, 2.05) is 31.2 Å². The summed E-state index contributed by atoms with van der Waals surface area (Å²) in [6.45, 7) is 2.43. The summed E-state index contributed by atoms with van der Waals surface area (Å²) in [6.07, 6.45) is 0. The van der Waals surface area contributed by atoms with Gasteiger partial charge in [-0.15, -0.1) is 11.8 Å². The van der Waals surface area contributed by atoms with Crippen molar-refractivity contribution >= 4 is 11.8 Å². The number of aromatic nitrogens is 2. The molecule has 4 heteroatoms. The van der Waals surface area contributed by atoms with Gasteiger partial charge in [-0.1, -0.05) is 18.2 Å². The summed E-state index contributed by atoms with van der Waals surface area (Å²) in [4.78, 5) is 10.0. The van der Waals surface area contributed by atoms with Gasteiger partial charge in [0.1, 0.15) is 5.82 Å². The lowest BCUT2D eigenvalue weighted by Crippen LogP contribution is -2.04. The van der Waals surface area contributed by atoms with Crippen LogP contribution in [-0.2, 0) is 12.3 Å². The van der Waals surface area contributed by atoms with Crippen molar-refractivity contribution in [3.05, 3.63) is 53.6 Å². The molecule has 0 aliphatic carbocycles. The number of aryl methyl sites for hydroxylation is 1.